The first kappa shape index (κ1) is 20.0. The molecule has 31 heavy (non-hydrogen) atoms. The van der Waals surface area contributed by atoms with E-state index in [2.05, 4.69) is 5.18 Å². The van der Waals surface area contributed by atoms with E-state index in [-0.39, 0.29) is 16.8 Å². The van der Waals surface area contributed by atoms with Crippen LogP contribution in [0.25, 0.3) is 27.9 Å². The van der Waals surface area contributed by atoms with Crippen LogP contribution in [-0.4, -0.2) is 30.6 Å². The van der Waals surface area contributed by atoms with Gasteiger partial charge in [-0.15, -0.1) is 4.91 Å². The van der Waals surface area contributed by atoms with Gasteiger partial charge in [-0.05, 0) is 22.4 Å². The van der Waals surface area contributed by atoms with E-state index in [0.717, 1.165) is 11.1 Å². The highest BCUT2D eigenvalue weighted by atomic mass is 16.5. The molecule has 4 aromatic rings. The number of esters is 2. The van der Waals surface area contributed by atoms with Gasteiger partial charge in [-0.2, -0.15) is 0 Å². The van der Waals surface area contributed by atoms with E-state index in [9.17, 15) is 14.5 Å². The minimum atomic E-state index is -0.719. The van der Waals surface area contributed by atoms with Crippen LogP contribution in [0.5, 0.6) is 0 Å². The van der Waals surface area contributed by atoms with Gasteiger partial charge in [0.2, 0.25) is 0 Å². The van der Waals surface area contributed by atoms with E-state index in [0.29, 0.717) is 16.8 Å². The minimum Gasteiger partial charge on any atom is -0.465 e. The molecule has 0 aliphatic rings. The summed E-state index contributed by atoms with van der Waals surface area (Å²) in [4.78, 5) is 36.8. The molecule has 7 nitrogen and oxygen atoms in total. The van der Waals surface area contributed by atoms with E-state index >= 15 is 0 Å². The Kier molecular flexibility index (Phi) is 5.32. The van der Waals surface area contributed by atoms with E-state index in [4.69, 9.17) is 9.47 Å². The fourth-order valence-corrected chi connectivity index (χ4v) is 3.68. The highest BCUT2D eigenvalue weighted by Gasteiger charge is 2.27. The van der Waals surface area contributed by atoms with Gasteiger partial charge in [-0.1, -0.05) is 60.7 Å². The quantitative estimate of drug-likeness (QED) is 0.329. The van der Waals surface area contributed by atoms with Crippen molar-refractivity contribution in [2.45, 2.75) is 0 Å². The zero-order chi connectivity index (χ0) is 22.0. The topological polar surface area (TPSA) is 86.4 Å². The second-order valence-corrected chi connectivity index (χ2v) is 6.73. The molecule has 2 heterocycles. The Labute approximate surface area is 177 Å². The van der Waals surface area contributed by atoms with Gasteiger partial charge >= 0.3 is 11.9 Å². The Bertz CT molecular complexity index is 1290. The number of benzene rings is 2. The molecule has 0 aliphatic heterocycles. The van der Waals surface area contributed by atoms with Gasteiger partial charge in [-0.25, -0.2) is 9.59 Å². The highest BCUT2D eigenvalue weighted by Crippen LogP contribution is 2.45. The number of fused-ring (bicyclic) bond motifs is 1. The summed E-state index contributed by atoms with van der Waals surface area (Å²) < 4.78 is 11.4. The molecular formula is C24H18N2O5. The van der Waals surface area contributed by atoms with Crippen molar-refractivity contribution in [3.05, 3.63) is 89.0 Å². The smallest absolute Gasteiger partial charge is 0.340 e. The number of pyridine rings is 1. The Hall–Kier alpha value is -4.26. The molecule has 0 spiro atoms. The Balaban J connectivity index is 2.19. The molecule has 0 fully saturated rings. The largest absolute Gasteiger partial charge is 0.465 e. The van der Waals surface area contributed by atoms with Crippen LogP contribution in [0, 0.1) is 4.91 Å². The lowest BCUT2D eigenvalue weighted by atomic mass is 10.00. The first-order chi connectivity index (χ1) is 15.1. The van der Waals surface area contributed by atoms with Crippen molar-refractivity contribution in [3.8, 4) is 22.4 Å². The molecule has 0 aliphatic carbocycles. The molecule has 0 N–H and O–H groups in total. The highest BCUT2D eigenvalue weighted by molar-refractivity contribution is 6.07. The predicted octanol–water partition coefficient (Wildman–Crippen LogP) is 5.24. The maximum absolute atomic E-state index is 12.4. The van der Waals surface area contributed by atoms with E-state index in [1.54, 1.807) is 4.40 Å². The van der Waals surface area contributed by atoms with Crippen LogP contribution in [0.4, 0.5) is 5.69 Å². The average Bonchev–Trinajstić information content (AvgIpc) is 3.16. The maximum Gasteiger partial charge on any atom is 0.340 e. The van der Waals surface area contributed by atoms with Crippen LogP contribution in [-0.2, 0) is 9.47 Å². The molecule has 4 rings (SSSR count). The summed E-state index contributed by atoms with van der Waals surface area (Å²) in [6.07, 6.45) is 1.48. The van der Waals surface area contributed by atoms with E-state index < -0.39 is 11.9 Å². The van der Waals surface area contributed by atoms with Gasteiger partial charge in [0, 0.05) is 11.8 Å². The molecule has 0 bridgehead atoms. The number of hydrogen-bond donors (Lipinski definition) is 0. The molecule has 0 unspecified atom stereocenters. The molecule has 2 aromatic carbocycles. The Morgan fingerprint density at radius 2 is 1.35 bits per heavy atom. The molecule has 0 atom stereocenters. The minimum absolute atomic E-state index is 0.0107. The maximum atomic E-state index is 12.4. The van der Waals surface area contributed by atoms with Crippen molar-refractivity contribution in [3.63, 3.8) is 0 Å². The zero-order valence-electron chi connectivity index (χ0n) is 16.9. The summed E-state index contributed by atoms with van der Waals surface area (Å²) in [5.74, 6) is -1.42. The summed E-state index contributed by atoms with van der Waals surface area (Å²) in [6, 6.07) is 20.2. The summed E-state index contributed by atoms with van der Waals surface area (Å²) >= 11 is 0. The number of hydrogen-bond acceptors (Lipinski definition) is 6. The number of rotatable bonds is 5. The number of aromatic nitrogens is 1. The lowest BCUT2D eigenvalue weighted by molar-refractivity contribution is 0.0555. The third-order valence-corrected chi connectivity index (χ3v) is 5.06. The van der Waals surface area contributed by atoms with Crippen LogP contribution < -0.4 is 0 Å². The SMILES string of the molecule is COC(=O)c1cc2c(N=O)c(-c3ccccc3)c(-c3ccccc3)n2cc1C(=O)OC. The normalized spacial score (nSPS) is 10.6. The van der Waals surface area contributed by atoms with Crippen molar-refractivity contribution < 1.29 is 19.1 Å². The number of methoxy groups -OCH3 is 2. The first-order valence-electron chi connectivity index (χ1n) is 9.43. The molecule has 154 valence electrons. The first-order valence-corrected chi connectivity index (χ1v) is 9.43. The van der Waals surface area contributed by atoms with Gasteiger partial charge in [0.05, 0.1) is 36.6 Å². The number of nitroso groups, excluding NO2 is 1. The molecule has 2 aromatic heterocycles. The fourth-order valence-electron chi connectivity index (χ4n) is 3.68. The van der Waals surface area contributed by atoms with Gasteiger partial charge in [-0.3, -0.25) is 0 Å². The van der Waals surface area contributed by atoms with Gasteiger partial charge < -0.3 is 13.9 Å². The molecule has 0 radical (unpaired) electrons. The lowest BCUT2D eigenvalue weighted by Gasteiger charge is -2.11. The molecular weight excluding hydrogens is 396 g/mol. The van der Waals surface area contributed by atoms with Crippen molar-refractivity contribution in [2.24, 2.45) is 5.18 Å². The Morgan fingerprint density at radius 3 is 1.90 bits per heavy atom. The van der Waals surface area contributed by atoms with Crippen molar-refractivity contribution >= 4 is 23.1 Å². The molecule has 0 amide bonds. The van der Waals surface area contributed by atoms with E-state index in [1.807, 2.05) is 60.7 Å². The van der Waals surface area contributed by atoms with Gasteiger partial charge in [0.15, 0.2) is 0 Å². The van der Waals surface area contributed by atoms with Crippen LogP contribution in [0.1, 0.15) is 20.7 Å². The predicted molar refractivity (Wildman–Crippen MR) is 116 cm³/mol. The second kappa shape index (κ2) is 8.23. The standard InChI is InChI=1S/C24H18N2O5/c1-30-23(27)17-13-19-21(25-29)20(15-9-5-3-6-10-15)22(16-11-7-4-8-12-16)26(19)14-18(17)24(28)31-2/h3-14H,1-2H3. The molecule has 0 saturated heterocycles. The summed E-state index contributed by atoms with van der Waals surface area (Å²) in [6.45, 7) is 0. The van der Waals surface area contributed by atoms with Gasteiger partial charge in [0.25, 0.3) is 0 Å². The van der Waals surface area contributed by atoms with Crippen LogP contribution in [0.3, 0.4) is 0 Å². The van der Waals surface area contributed by atoms with Crippen molar-refractivity contribution in [1.29, 1.82) is 0 Å². The van der Waals surface area contributed by atoms with E-state index in [1.165, 1.54) is 26.5 Å². The third-order valence-electron chi connectivity index (χ3n) is 5.06. The number of carbonyl (C=O) groups excluding carboxylic acids is 2. The molecule has 0 saturated carbocycles. The summed E-state index contributed by atoms with van der Waals surface area (Å²) in [7, 11) is 2.45. The number of carbonyl (C=O) groups is 2. The van der Waals surface area contributed by atoms with Crippen LogP contribution >= 0.6 is 0 Å². The zero-order valence-corrected chi connectivity index (χ0v) is 16.9. The summed E-state index contributed by atoms with van der Waals surface area (Å²) in [5, 5.41) is 3.30. The third kappa shape index (κ3) is 3.36. The van der Waals surface area contributed by atoms with Crippen LogP contribution in [0.2, 0.25) is 0 Å². The Morgan fingerprint density at radius 1 is 0.806 bits per heavy atom. The number of ether oxygens (including phenoxy) is 2. The monoisotopic (exact) mass is 414 g/mol. The van der Waals surface area contributed by atoms with Crippen molar-refractivity contribution in [2.75, 3.05) is 14.2 Å². The second-order valence-electron chi connectivity index (χ2n) is 6.73. The fraction of sp³-hybridized carbons (Fsp3) is 0.0833. The molecule has 7 heteroatoms. The average molecular weight is 414 g/mol. The summed E-state index contributed by atoms with van der Waals surface area (Å²) in [5.41, 5.74) is 3.39. The number of nitrogens with zero attached hydrogens (tertiary/aromatic N) is 2. The van der Waals surface area contributed by atoms with Gasteiger partial charge in [0.1, 0.15) is 5.69 Å². The van der Waals surface area contributed by atoms with Crippen LogP contribution in [0.15, 0.2) is 78.1 Å². The van der Waals surface area contributed by atoms with Crippen molar-refractivity contribution in [1.82, 2.24) is 4.40 Å². The lowest BCUT2D eigenvalue weighted by Crippen LogP contribution is -2.13.